The van der Waals surface area contributed by atoms with E-state index in [9.17, 15) is 0 Å². The molecule has 0 amide bonds. The van der Waals surface area contributed by atoms with Gasteiger partial charge < -0.3 is 9.47 Å². The quantitative estimate of drug-likeness (QED) is 0.112. The average Bonchev–Trinajstić information content (AvgIpc) is 3.40. The number of aromatic nitrogens is 6. The first-order chi connectivity index (χ1) is 34.4. The Labute approximate surface area is 403 Å². The van der Waals surface area contributed by atoms with Crippen LogP contribution in [0, 0.1) is 0 Å². The van der Waals surface area contributed by atoms with Gasteiger partial charge in [0, 0.05) is 33.7 Å². The first kappa shape index (κ1) is 46.0. The van der Waals surface area contributed by atoms with Crippen LogP contribution < -0.4 is 9.47 Å². The Kier molecular flexibility index (Phi) is 12.5. The van der Waals surface area contributed by atoms with E-state index >= 15 is 26.3 Å². The van der Waals surface area contributed by atoms with Crippen molar-refractivity contribution < 1.29 is 35.8 Å². The number of ether oxygens (including phenoxy) is 2. The molecule has 1 aliphatic rings. The number of alkyl halides is 6. The zero-order valence-electron chi connectivity index (χ0n) is 37.3. The average molecular weight is 953 g/mol. The van der Waals surface area contributed by atoms with Gasteiger partial charge in [0.1, 0.15) is 28.8 Å². The standard InChI is InChI=1S/C57H38F6N6O2/c58-56(59,60)55(57(61,62)63,43-25-33-47(34-26-43)70-45-29-21-41(22-30-45)53-66-49(37-13-5-1-6-14-37)64-50(67-53)38-15-7-2-8-16-38)44-27-35-48(36-28-44)71-46-31-23-42(24-32-46)54-68-51(39-17-9-3-10-18-39)65-52(69-54)40-19-11-4-12-20-40/h1-19,21-36,40H,20H2. The second kappa shape index (κ2) is 19.3. The Hall–Kier alpha value is -8.78. The lowest BCUT2D eigenvalue weighted by Gasteiger charge is -2.38. The summed E-state index contributed by atoms with van der Waals surface area (Å²) in [6, 6.07) is 49.1. The lowest BCUT2D eigenvalue weighted by atomic mass is 9.73. The number of allylic oxidation sites excluding steroid dienone is 4. The molecule has 0 bridgehead atoms. The van der Waals surface area contributed by atoms with Crippen molar-refractivity contribution in [2.75, 3.05) is 0 Å². The first-order valence-electron chi connectivity index (χ1n) is 22.3. The SMILES string of the molecule is FC(F)(F)C(c1ccc(Oc2ccc(-c3nc(-c4ccccc4)nc(-c4ccccc4)n3)cc2)cc1)(c1ccc(Oc2ccc(-c3nc(-c4ccccc4)nc(C4C=CC=CC4)n3)cc2)cc1)C(F)(F)F. The molecule has 0 radical (unpaired) electrons. The van der Waals surface area contributed by atoms with Crippen LogP contribution in [0.3, 0.4) is 0 Å². The zero-order chi connectivity index (χ0) is 49.0. The van der Waals surface area contributed by atoms with Crippen LogP contribution >= 0.6 is 0 Å². The van der Waals surface area contributed by atoms with Gasteiger partial charge in [-0.2, -0.15) is 26.3 Å². The molecule has 9 aromatic rings. The molecule has 0 aliphatic heterocycles. The van der Waals surface area contributed by atoms with Gasteiger partial charge in [-0.25, -0.2) is 29.9 Å². The van der Waals surface area contributed by atoms with Gasteiger partial charge in [0.05, 0.1) is 0 Å². The number of benzene rings is 7. The van der Waals surface area contributed by atoms with Gasteiger partial charge in [0.2, 0.25) is 5.41 Å². The Morgan fingerprint density at radius 1 is 0.352 bits per heavy atom. The van der Waals surface area contributed by atoms with Crippen LogP contribution in [0.4, 0.5) is 26.3 Å². The van der Waals surface area contributed by atoms with E-state index in [0.29, 0.717) is 46.1 Å². The molecular formula is C57H38F6N6O2. The van der Waals surface area contributed by atoms with Gasteiger partial charge in [0.15, 0.2) is 29.1 Å². The van der Waals surface area contributed by atoms with E-state index in [-0.39, 0.29) is 28.9 Å². The molecule has 2 heterocycles. The normalized spacial score (nSPS) is 13.7. The van der Waals surface area contributed by atoms with Crippen molar-refractivity contribution in [2.24, 2.45) is 0 Å². The van der Waals surface area contributed by atoms with E-state index in [1.807, 2.05) is 115 Å². The molecule has 10 rings (SSSR count). The van der Waals surface area contributed by atoms with Crippen LogP contribution in [-0.4, -0.2) is 42.3 Å². The fraction of sp³-hybridized carbons (Fsp3) is 0.0877. The molecular weight excluding hydrogens is 915 g/mol. The third-order valence-electron chi connectivity index (χ3n) is 11.8. The van der Waals surface area contributed by atoms with Crippen molar-refractivity contribution in [3.8, 4) is 79.9 Å². The maximum absolute atomic E-state index is 15.2. The predicted octanol–water partition coefficient (Wildman–Crippen LogP) is 15.0. The summed E-state index contributed by atoms with van der Waals surface area (Å²) in [4.78, 5) is 28.4. The Bertz CT molecular complexity index is 3260. The Morgan fingerprint density at radius 2 is 0.662 bits per heavy atom. The highest BCUT2D eigenvalue weighted by Crippen LogP contribution is 2.56. The summed E-state index contributed by atoms with van der Waals surface area (Å²) in [5, 5.41) is 0. The van der Waals surface area contributed by atoms with Gasteiger partial charge in [-0.1, -0.05) is 140 Å². The molecule has 14 heteroatoms. The maximum Gasteiger partial charge on any atom is 0.411 e. The van der Waals surface area contributed by atoms with E-state index in [1.54, 1.807) is 48.5 Å². The first-order valence-corrected chi connectivity index (χ1v) is 22.3. The van der Waals surface area contributed by atoms with E-state index in [0.717, 1.165) is 71.6 Å². The fourth-order valence-electron chi connectivity index (χ4n) is 8.26. The molecule has 8 nitrogen and oxygen atoms in total. The summed E-state index contributed by atoms with van der Waals surface area (Å²) in [5.41, 5.74) is -2.83. The summed E-state index contributed by atoms with van der Waals surface area (Å²) < 4.78 is 103. The second-order valence-corrected chi connectivity index (χ2v) is 16.4. The lowest BCUT2D eigenvalue weighted by Crippen LogP contribution is -2.54. The number of rotatable bonds is 12. The number of hydrogen-bond donors (Lipinski definition) is 0. The summed E-state index contributed by atoms with van der Waals surface area (Å²) in [6.07, 6.45) is -2.91. The molecule has 350 valence electrons. The van der Waals surface area contributed by atoms with Gasteiger partial charge in [-0.05, 0) is 90.3 Å². The van der Waals surface area contributed by atoms with Gasteiger partial charge in [0.25, 0.3) is 0 Å². The van der Waals surface area contributed by atoms with Crippen molar-refractivity contribution in [3.63, 3.8) is 0 Å². The molecule has 7 aromatic carbocycles. The van der Waals surface area contributed by atoms with Gasteiger partial charge in [-0.3, -0.25) is 0 Å². The highest BCUT2D eigenvalue weighted by Gasteiger charge is 2.72. The predicted molar refractivity (Wildman–Crippen MR) is 258 cm³/mol. The molecule has 2 aromatic heterocycles. The van der Waals surface area contributed by atoms with Crippen molar-refractivity contribution >= 4 is 0 Å². The molecule has 0 fully saturated rings. The molecule has 1 aliphatic carbocycles. The van der Waals surface area contributed by atoms with Crippen molar-refractivity contribution in [1.82, 2.24) is 29.9 Å². The van der Waals surface area contributed by atoms with Crippen LogP contribution in [0.1, 0.15) is 29.3 Å². The smallest absolute Gasteiger partial charge is 0.411 e. The van der Waals surface area contributed by atoms with Crippen molar-refractivity contribution in [1.29, 1.82) is 0 Å². The third kappa shape index (κ3) is 9.64. The third-order valence-corrected chi connectivity index (χ3v) is 11.8. The molecule has 0 saturated heterocycles. The van der Waals surface area contributed by atoms with E-state index < -0.39 is 28.9 Å². The minimum Gasteiger partial charge on any atom is -0.457 e. The zero-order valence-corrected chi connectivity index (χ0v) is 37.3. The molecule has 71 heavy (non-hydrogen) atoms. The van der Waals surface area contributed by atoms with E-state index in [4.69, 9.17) is 39.4 Å². The summed E-state index contributed by atoms with van der Waals surface area (Å²) >= 11 is 0. The van der Waals surface area contributed by atoms with E-state index in [1.165, 1.54) is 0 Å². The van der Waals surface area contributed by atoms with Crippen molar-refractivity contribution in [2.45, 2.75) is 30.1 Å². The Balaban J connectivity index is 0.873. The number of halogens is 6. The van der Waals surface area contributed by atoms with Crippen molar-refractivity contribution in [3.05, 3.63) is 229 Å². The second-order valence-electron chi connectivity index (χ2n) is 16.4. The van der Waals surface area contributed by atoms with Gasteiger partial charge >= 0.3 is 12.4 Å². The van der Waals surface area contributed by atoms with Crippen LogP contribution in [-0.2, 0) is 5.41 Å². The molecule has 1 atom stereocenters. The largest absolute Gasteiger partial charge is 0.457 e. The van der Waals surface area contributed by atoms with Crippen LogP contribution in [0.15, 0.2) is 212 Å². The number of hydrogen-bond acceptors (Lipinski definition) is 8. The monoisotopic (exact) mass is 952 g/mol. The Morgan fingerprint density at radius 3 is 0.972 bits per heavy atom. The maximum atomic E-state index is 15.2. The number of nitrogens with zero attached hydrogens (tertiary/aromatic N) is 6. The highest BCUT2D eigenvalue weighted by molar-refractivity contribution is 5.67. The summed E-state index contributed by atoms with van der Waals surface area (Å²) in [7, 11) is 0. The topological polar surface area (TPSA) is 95.8 Å². The van der Waals surface area contributed by atoms with E-state index in [2.05, 4.69) is 0 Å². The van der Waals surface area contributed by atoms with Crippen LogP contribution in [0.2, 0.25) is 0 Å². The molecule has 0 N–H and O–H groups in total. The van der Waals surface area contributed by atoms with Gasteiger partial charge in [-0.15, -0.1) is 0 Å². The summed E-state index contributed by atoms with van der Waals surface area (Å²) in [6.45, 7) is 0. The van der Waals surface area contributed by atoms with Crippen LogP contribution in [0.5, 0.6) is 23.0 Å². The fourth-order valence-corrected chi connectivity index (χ4v) is 8.26. The minimum atomic E-state index is -5.81. The van der Waals surface area contributed by atoms with Crippen LogP contribution in [0.25, 0.3) is 56.9 Å². The molecule has 1 unspecified atom stereocenters. The minimum absolute atomic E-state index is 0.0128. The molecule has 0 spiro atoms. The summed E-state index contributed by atoms with van der Waals surface area (Å²) in [5.74, 6) is 3.37. The highest BCUT2D eigenvalue weighted by atomic mass is 19.4. The molecule has 0 saturated carbocycles. The lowest BCUT2D eigenvalue weighted by molar-refractivity contribution is -0.288.